The number of hydrogen-bond acceptors (Lipinski definition) is 4. The molecule has 3 rings (SSSR count). The summed E-state index contributed by atoms with van der Waals surface area (Å²) >= 11 is 0. The molecule has 1 unspecified atom stereocenters. The lowest BCUT2D eigenvalue weighted by molar-refractivity contribution is 0.146. The SMILES string of the molecule is Cc1nc(CN2CCC(O)c3ccccc3C2)oc1C. The summed E-state index contributed by atoms with van der Waals surface area (Å²) in [6.45, 7) is 6.26. The average molecular weight is 272 g/mol. The first-order valence-electron chi connectivity index (χ1n) is 7.04. The van der Waals surface area contributed by atoms with Crippen LogP contribution in [0.3, 0.4) is 0 Å². The molecule has 4 nitrogen and oxygen atoms in total. The number of benzene rings is 1. The van der Waals surface area contributed by atoms with Gasteiger partial charge >= 0.3 is 0 Å². The molecule has 0 bridgehead atoms. The number of aliphatic hydroxyl groups is 1. The molecule has 0 fully saturated rings. The highest BCUT2D eigenvalue weighted by Crippen LogP contribution is 2.27. The van der Waals surface area contributed by atoms with Crippen LogP contribution in [0.2, 0.25) is 0 Å². The summed E-state index contributed by atoms with van der Waals surface area (Å²) in [6, 6.07) is 8.11. The van der Waals surface area contributed by atoms with Crippen molar-refractivity contribution in [1.82, 2.24) is 9.88 Å². The highest BCUT2D eigenvalue weighted by Gasteiger charge is 2.21. The number of aromatic nitrogens is 1. The van der Waals surface area contributed by atoms with Crippen LogP contribution in [0.1, 0.15) is 41.0 Å². The van der Waals surface area contributed by atoms with Crippen molar-refractivity contribution >= 4 is 0 Å². The molecule has 1 atom stereocenters. The summed E-state index contributed by atoms with van der Waals surface area (Å²) in [7, 11) is 0. The zero-order valence-electron chi connectivity index (χ0n) is 12.0. The van der Waals surface area contributed by atoms with Crippen molar-refractivity contribution in [2.24, 2.45) is 0 Å². The van der Waals surface area contributed by atoms with E-state index in [0.29, 0.717) is 6.54 Å². The molecule has 106 valence electrons. The van der Waals surface area contributed by atoms with E-state index in [0.717, 1.165) is 42.4 Å². The zero-order valence-corrected chi connectivity index (χ0v) is 12.0. The Morgan fingerprint density at radius 3 is 2.90 bits per heavy atom. The Morgan fingerprint density at radius 1 is 1.35 bits per heavy atom. The summed E-state index contributed by atoms with van der Waals surface area (Å²) < 4.78 is 5.66. The summed E-state index contributed by atoms with van der Waals surface area (Å²) in [6.07, 6.45) is 0.375. The van der Waals surface area contributed by atoms with Gasteiger partial charge in [-0.3, -0.25) is 4.90 Å². The molecule has 0 spiro atoms. The van der Waals surface area contributed by atoms with E-state index in [1.165, 1.54) is 5.56 Å². The molecule has 0 aliphatic carbocycles. The molecule has 0 radical (unpaired) electrons. The van der Waals surface area contributed by atoms with Crippen molar-refractivity contribution in [2.75, 3.05) is 6.54 Å². The maximum absolute atomic E-state index is 10.2. The molecule has 0 amide bonds. The molecule has 1 aromatic heterocycles. The van der Waals surface area contributed by atoms with Gasteiger partial charge in [-0.2, -0.15) is 0 Å². The minimum atomic E-state index is -0.371. The lowest BCUT2D eigenvalue weighted by atomic mass is 10.0. The van der Waals surface area contributed by atoms with Crippen molar-refractivity contribution in [3.8, 4) is 0 Å². The average Bonchev–Trinajstić information content (AvgIpc) is 2.65. The first-order valence-corrected chi connectivity index (χ1v) is 7.04. The van der Waals surface area contributed by atoms with Gasteiger partial charge in [-0.15, -0.1) is 0 Å². The Labute approximate surface area is 119 Å². The van der Waals surface area contributed by atoms with Crippen LogP contribution < -0.4 is 0 Å². The van der Waals surface area contributed by atoms with Crippen LogP contribution in [0.15, 0.2) is 28.7 Å². The van der Waals surface area contributed by atoms with Gasteiger partial charge in [0.2, 0.25) is 5.89 Å². The van der Waals surface area contributed by atoms with Crippen molar-refractivity contribution < 1.29 is 9.52 Å². The van der Waals surface area contributed by atoms with Crippen molar-refractivity contribution in [2.45, 2.75) is 39.5 Å². The Morgan fingerprint density at radius 2 is 2.15 bits per heavy atom. The molecule has 20 heavy (non-hydrogen) atoms. The highest BCUT2D eigenvalue weighted by atomic mass is 16.4. The predicted molar refractivity (Wildman–Crippen MR) is 76.1 cm³/mol. The van der Waals surface area contributed by atoms with Gasteiger partial charge in [0, 0.05) is 13.1 Å². The molecule has 2 aromatic rings. The number of nitrogens with zero attached hydrogens (tertiary/aromatic N) is 2. The Bertz CT molecular complexity index is 587. The van der Waals surface area contributed by atoms with Crippen LogP contribution >= 0.6 is 0 Å². The van der Waals surface area contributed by atoms with Crippen LogP contribution in [0.4, 0.5) is 0 Å². The van der Waals surface area contributed by atoms with Crippen LogP contribution in [-0.4, -0.2) is 21.5 Å². The van der Waals surface area contributed by atoms with Gasteiger partial charge in [-0.25, -0.2) is 4.98 Å². The minimum absolute atomic E-state index is 0.371. The minimum Gasteiger partial charge on any atom is -0.444 e. The lowest BCUT2D eigenvalue weighted by Gasteiger charge is -2.18. The standard InChI is InChI=1S/C16H20N2O2/c1-11-12(2)20-16(17-11)10-18-8-7-15(19)14-6-4-3-5-13(14)9-18/h3-6,15,19H,7-10H2,1-2H3. The van der Waals surface area contributed by atoms with Gasteiger partial charge in [0.25, 0.3) is 0 Å². The highest BCUT2D eigenvalue weighted by molar-refractivity contribution is 5.30. The van der Waals surface area contributed by atoms with Gasteiger partial charge in [0.1, 0.15) is 5.76 Å². The van der Waals surface area contributed by atoms with Crippen molar-refractivity contribution in [1.29, 1.82) is 0 Å². The number of fused-ring (bicyclic) bond motifs is 1. The maximum atomic E-state index is 10.2. The summed E-state index contributed by atoms with van der Waals surface area (Å²) in [5.74, 6) is 1.64. The van der Waals surface area contributed by atoms with Gasteiger partial charge in [-0.1, -0.05) is 24.3 Å². The summed E-state index contributed by atoms with van der Waals surface area (Å²) in [5.41, 5.74) is 3.20. The second-order valence-electron chi connectivity index (χ2n) is 5.46. The Kier molecular flexibility index (Phi) is 3.59. The summed E-state index contributed by atoms with van der Waals surface area (Å²) in [5, 5.41) is 10.2. The number of aryl methyl sites for hydroxylation is 2. The summed E-state index contributed by atoms with van der Waals surface area (Å²) in [4.78, 5) is 6.72. The van der Waals surface area contributed by atoms with Crippen LogP contribution in [0.25, 0.3) is 0 Å². The Hall–Kier alpha value is -1.65. The molecule has 2 heterocycles. The quantitative estimate of drug-likeness (QED) is 0.913. The number of aliphatic hydroxyl groups excluding tert-OH is 1. The van der Waals surface area contributed by atoms with Gasteiger partial charge in [-0.05, 0) is 31.4 Å². The smallest absolute Gasteiger partial charge is 0.208 e. The Balaban J connectivity index is 1.79. The predicted octanol–water partition coefficient (Wildman–Crippen LogP) is 2.73. The van der Waals surface area contributed by atoms with E-state index in [1.54, 1.807) is 0 Å². The van der Waals surface area contributed by atoms with E-state index in [1.807, 2.05) is 32.0 Å². The zero-order chi connectivity index (χ0) is 14.1. The third-order valence-electron chi connectivity index (χ3n) is 3.96. The van der Waals surface area contributed by atoms with Crippen molar-refractivity contribution in [3.63, 3.8) is 0 Å². The van der Waals surface area contributed by atoms with E-state index < -0.39 is 0 Å². The molecule has 1 aromatic carbocycles. The second kappa shape index (κ2) is 5.38. The van der Waals surface area contributed by atoms with E-state index >= 15 is 0 Å². The van der Waals surface area contributed by atoms with Gasteiger partial charge in [0.05, 0.1) is 18.3 Å². The molecule has 1 N–H and O–H groups in total. The third-order valence-corrected chi connectivity index (χ3v) is 3.96. The largest absolute Gasteiger partial charge is 0.444 e. The topological polar surface area (TPSA) is 49.5 Å². The van der Waals surface area contributed by atoms with Crippen LogP contribution in [0.5, 0.6) is 0 Å². The molecule has 1 aliphatic rings. The molecular weight excluding hydrogens is 252 g/mol. The maximum Gasteiger partial charge on any atom is 0.208 e. The fourth-order valence-corrected chi connectivity index (χ4v) is 2.72. The van der Waals surface area contributed by atoms with Gasteiger partial charge in [0.15, 0.2) is 0 Å². The van der Waals surface area contributed by atoms with Crippen LogP contribution in [-0.2, 0) is 13.1 Å². The molecule has 1 aliphatic heterocycles. The second-order valence-corrected chi connectivity index (χ2v) is 5.46. The molecule has 0 saturated carbocycles. The van der Waals surface area contributed by atoms with E-state index in [4.69, 9.17) is 4.42 Å². The fourth-order valence-electron chi connectivity index (χ4n) is 2.72. The molecular formula is C16H20N2O2. The van der Waals surface area contributed by atoms with Crippen molar-refractivity contribution in [3.05, 3.63) is 52.7 Å². The molecule has 0 saturated heterocycles. The normalized spacial score (nSPS) is 19.6. The van der Waals surface area contributed by atoms with Crippen LogP contribution in [0, 0.1) is 13.8 Å². The van der Waals surface area contributed by atoms with E-state index in [2.05, 4.69) is 16.0 Å². The fraction of sp³-hybridized carbons (Fsp3) is 0.438. The monoisotopic (exact) mass is 272 g/mol. The van der Waals surface area contributed by atoms with E-state index in [9.17, 15) is 5.11 Å². The van der Waals surface area contributed by atoms with Gasteiger partial charge < -0.3 is 9.52 Å². The number of hydrogen-bond donors (Lipinski definition) is 1. The third kappa shape index (κ3) is 2.62. The first kappa shape index (κ1) is 13.3. The lowest BCUT2D eigenvalue weighted by Crippen LogP contribution is -2.23. The molecule has 4 heteroatoms. The number of rotatable bonds is 2. The van der Waals surface area contributed by atoms with E-state index in [-0.39, 0.29) is 6.10 Å². The first-order chi connectivity index (χ1) is 9.63. The number of oxazole rings is 1.